The molecule has 22 heavy (non-hydrogen) atoms. The summed E-state index contributed by atoms with van der Waals surface area (Å²) in [6.45, 7) is 3.61. The Balaban J connectivity index is 1.62. The number of anilines is 1. The number of carbonyl (C=O) groups excluding carboxylic acids is 1. The molecule has 2 N–H and O–H groups in total. The second-order valence-electron chi connectivity index (χ2n) is 5.90. The molecular weight excluding hydrogens is 272 g/mol. The molecule has 0 atom stereocenters. The Bertz CT molecular complexity index is 508. The monoisotopic (exact) mass is 300 g/mol. The van der Waals surface area contributed by atoms with Crippen LogP contribution in [0.3, 0.4) is 0 Å². The normalized spacial score (nSPS) is 14.3. The predicted octanol–water partition coefficient (Wildman–Crippen LogP) is 4.06. The number of rotatable bonds is 8. The van der Waals surface area contributed by atoms with Gasteiger partial charge in [0.15, 0.2) is 0 Å². The SMILES string of the molecule is CCc1ccccc1NCCC(=O)NCCC1=CCCCC1. The van der Waals surface area contributed by atoms with Gasteiger partial charge >= 0.3 is 0 Å². The van der Waals surface area contributed by atoms with Crippen molar-refractivity contribution in [2.24, 2.45) is 0 Å². The maximum absolute atomic E-state index is 11.9. The first-order valence-corrected chi connectivity index (χ1v) is 8.56. The third-order valence-corrected chi connectivity index (χ3v) is 4.22. The number of carbonyl (C=O) groups is 1. The van der Waals surface area contributed by atoms with Gasteiger partial charge in [0.1, 0.15) is 0 Å². The molecule has 0 aromatic heterocycles. The van der Waals surface area contributed by atoms with Crippen LogP contribution in [0.2, 0.25) is 0 Å². The van der Waals surface area contributed by atoms with Crippen LogP contribution < -0.4 is 10.6 Å². The summed E-state index contributed by atoms with van der Waals surface area (Å²) in [5.74, 6) is 0.137. The second kappa shape index (κ2) is 9.29. The first-order valence-electron chi connectivity index (χ1n) is 8.56. The number of hydrogen-bond acceptors (Lipinski definition) is 2. The summed E-state index contributed by atoms with van der Waals surface area (Å²) in [5.41, 5.74) is 3.96. The van der Waals surface area contributed by atoms with E-state index < -0.39 is 0 Å². The van der Waals surface area contributed by atoms with Crippen LogP contribution in [0.25, 0.3) is 0 Å². The molecule has 0 bridgehead atoms. The lowest BCUT2D eigenvalue weighted by atomic mass is 9.97. The van der Waals surface area contributed by atoms with E-state index in [1.165, 1.54) is 36.8 Å². The van der Waals surface area contributed by atoms with Crippen molar-refractivity contribution in [1.29, 1.82) is 0 Å². The zero-order chi connectivity index (χ0) is 15.6. The van der Waals surface area contributed by atoms with E-state index in [0.717, 1.165) is 25.1 Å². The Morgan fingerprint density at radius 1 is 1.18 bits per heavy atom. The molecular formula is C19H28N2O. The molecule has 0 saturated heterocycles. The van der Waals surface area contributed by atoms with Crippen molar-refractivity contribution >= 4 is 11.6 Å². The lowest BCUT2D eigenvalue weighted by Crippen LogP contribution is -2.26. The number of benzene rings is 1. The van der Waals surface area contributed by atoms with Gasteiger partial charge in [-0.1, -0.05) is 36.8 Å². The molecule has 0 spiro atoms. The smallest absolute Gasteiger partial charge is 0.221 e. The molecule has 120 valence electrons. The van der Waals surface area contributed by atoms with Crippen LogP contribution in [0.4, 0.5) is 5.69 Å². The summed E-state index contributed by atoms with van der Waals surface area (Å²) < 4.78 is 0. The van der Waals surface area contributed by atoms with E-state index in [9.17, 15) is 4.79 Å². The summed E-state index contributed by atoms with van der Waals surface area (Å²) in [6.07, 6.45) is 9.94. The van der Waals surface area contributed by atoms with Crippen molar-refractivity contribution in [2.75, 3.05) is 18.4 Å². The molecule has 0 saturated carbocycles. The van der Waals surface area contributed by atoms with E-state index in [0.29, 0.717) is 13.0 Å². The third kappa shape index (κ3) is 5.55. The van der Waals surface area contributed by atoms with Gasteiger partial charge in [-0.25, -0.2) is 0 Å². The fourth-order valence-electron chi connectivity index (χ4n) is 2.89. The van der Waals surface area contributed by atoms with Gasteiger partial charge in [-0.05, 0) is 50.2 Å². The summed E-state index contributed by atoms with van der Waals surface area (Å²) in [6, 6.07) is 8.28. The number of hydrogen-bond donors (Lipinski definition) is 2. The minimum absolute atomic E-state index is 0.137. The third-order valence-electron chi connectivity index (χ3n) is 4.22. The molecule has 1 aromatic rings. The van der Waals surface area contributed by atoms with E-state index in [1.54, 1.807) is 0 Å². The van der Waals surface area contributed by atoms with Gasteiger partial charge in [0.2, 0.25) is 5.91 Å². The van der Waals surface area contributed by atoms with Gasteiger partial charge in [0.25, 0.3) is 0 Å². The van der Waals surface area contributed by atoms with Gasteiger partial charge in [0.05, 0.1) is 0 Å². The Morgan fingerprint density at radius 2 is 2.05 bits per heavy atom. The molecule has 0 unspecified atom stereocenters. The molecule has 0 fully saturated rings. The molecule has 3 heteroatoms. The highest BCUT2D eigenvalue weighted by Gasteiger charge is 2.05. The number of amides is 1. The Hall–Kier alpha value is -1.77. The Kier molecular flexibility index (Phi) is 7.01. The standard InChI is InChI=1S/C19H28N2O/c1-2-17-10-6-7-11-18(17)20-15-13-19(22)21-14-12-16-8-4-3-5-9-16/h6-8,10-11,20H,2-5,9,12-15H2,1H3,(H,21,22). The van der Waals surface area contributed by atoms with E-state index in [-0.39, 0.29) is 5.91 Å². The van der Waals surface area contributed by atoms with Crippen LogP contribution in [-0.2, 0) is 11.2 Å². The van der Waals surface area contributed by atoms with Gasteiger partial charge < -0.3 is 10.6 Å². The topological polar surface area (TPSA) is 41.1 Å². The van der Waals surface area contributed by atoms with Crippen molar-refractivity contribution in [3.05, 3.63) is 41.5 Å². The zero-order valence-electron chi connectivity index (χ0n) is 13.7. The zero-order valence-corrected chi connectivity index (χ0v) is 13.7. The molecule has 1 amide bonds. The maximum Gasteiger partial charge on any atom is 0.221 e. The van der Waals surface area contributed by atoms with Gasteiger partial charge in [0, 0.05) is 25.2 Å². The lowest BCUT2D eigenvalue weighted by Gasteiger charge is -2.13. The summed E-state index contributed by atoms with van der Waals surface area (Å²) in [4.78, 5) is 11.9. The molecule has 1 aliphatic carbocycles. The highest BCUT2D eigenvalue weighted by Crippen LogP contribution is 2.19. The van der Waals surface area contributed by atoms with Gasteiger partial charge in [-0.2, -0.15) is 0 Å². The molecule has 0 aliphatic heterocycles. The Labute approximate surface area is 134 Å². The highest BCUT2D eigenvalue weighted by molar-refractivity contribution is 5.76. The van der Waals surface area contributed by atoms with Crippen LogP contribution in [0.15, 0.2) is 35.9 Å². The number of allylic oxidation sites excluding steroid dienone is 1. The van der Waals surface area contributed by atoms with Crippen molar-refractivity contribution in [3.63, 3.8) is 0 Å². The van der Waals surface area contributed by atoms with Gasteiger partial charge in [-0.15, -0.1) is 0 Å². The minimum atomic E-state index is 0.137. The summed E-state index contributed by atoms with van der Waals surface area (Å²) in [5, 5.41) is 6.39. The van der Waals surface area contributed by atoms with Crippen LogP contribution in [0.5, 0.6) is 0 Å². The van der Waals surface area contributed by atoms with Crippen LogP contribution >= 0.6 is 0 Å². The first kappa shape index (κ1) is 16.6. The molecule has 3 nitrogen and oxygen atoms in total. The number of nitrogens with one attached hydrogen (secondary N) is 2. The van der Waals surface area contributed by atoms with Crippen LogP contribution in [0.1, 0.15) is 51.0 Å². The van der Waals surface area contributed by atoms with Crippen LogP contribution in [0, 0.1) is 0 Å². The minimum Gasteiger partial charge on any atom is -0.384 e. The fourth-order valence-corrected chi connectivity index (χ4v) is 2.89. The summed E-state index contributed by atoms with van der Waals surface area (Å²) in [7, 11) is 0. The van der Waals surface area contributed by atoms with Crippen molar-refractivity contribution in [2.45, 2.75) is 51.9 Å². The van der Waals surface area contributed by atoms with Crippen molar-refractivity contribution in [1.82, 2.24) is 5.32 Å². The van der Waals surface area contributed by atoms with Crippen molar-refractivity contribution < 1.29 is 4.79 Å². The first-order chi connectivity index (χ1) is 10.8. The Morgan fingerprint density at radius 3 is 2.82 bits per heavy atom. The molecule has 2 rings (SSSR count). The van der Waals surface area contributed by atoms with E-state index in [2.05, 4.69) is 41.8 Å². The molecule has 1 aromatic carbocycles. The van der Waals surface area contributed by atoms with Crippen LogP contribution in [-0.4, -0.2) is 19.0 Å². The fraction of sp³-hybridized carbons (Fsp3) is 0.526. The maximum atomic E-state index is 11.9. The lowest BCUT2D eigenvalue weighted by molar-refractivity contribution is -0.120. The van der Waals surface area contributed by atoms with Gasteiger partial charge in [-0.3, -0.25) is 4.79 Å². The molecule has 1 aliphatic rings. The quantitative estimate of drug-likeness (QED) is 0.711. The second-order valence-corrected chi connectivity index (χ2v) is 5.90. The average molecular weight is 300 g/mol. The molecule has 0 radical (unpaired) electrons. The van der Waals surface area contributed by atoms with E-state index in [4.69, 9.17) is 0 Å². The predicted molar refractivity (Wildman–Crippen MR) is 93.1 cm³/mol. The number of para-hydroxylation sites is 1. The van der Waals surface area contributed by atoms with E-state index in [1.807, 2.05) is 6.07 Å². The summed E-state index contributed by atoms with van der Waals surface area (Å²) >= 11 is 0. The highest BCUT2D eigenvalue weighted by atomic mass is 16.1. The van der Waals surface area contributed by atoms with Crippen molar-refractivity contribution in [3.8, 4) is 0 Å². The van der Waals surface area contributed by atoms with E-state index >= 15 is 0 Å². The molecule has 0 heterocycles. The average Bonchev–Trinajstić information content (AvgIpc) is 2.56. The number of aryl methyl sites for hydroxylation is 1. The largest absolute Gasteiger partial charge is 0.384 e.